The highest BCUT2D eigenvalue weighted by molar-refractivity contribution is 9.10. The highest BCUT2D eigenvalue weighted by atomic mass is 79.9. The van der Waals surface area contributed by atoms with Gasteiger partial charge in [0.2, 0.25) is 0 Å². The fourth-order valence-electron chi connectivity index (χ4n) is 0.902. The summed E-state index contributed by atoms with van der Waals surface area (Å²) in [5.74, 6) is 0. The second kappa shape index (κ2) is 3.79. The lowest BCUT2D eigenvalue weighted by molar-refractivity contribution is 0.425. The van der Waals surface area contributed by atoms with Gasteiger partial charge in [0.15, 0.2) is 0 Å². The zero-order valence-corrected chi connectivity index (χ0v) is 8.72. The van der Waals surface area contributed by atoms with Crippen LogP contribution in [0.15, 0.2) is 16.6 Å². The molecule has 0 aliphatic carbocycles. The Balaban J connectivity index is 3.21. The van der Waals surface area contributed by atoms with E-state index in [2.05, 4.69) is 15.9 Å². The number of aryl methyl sites for hydroxylation is 1. The van der Waals surface area contributed by atoms with Crippen molar-refractivity contribution in [3.05, 3.63) is 27.2 Å². The summed E-state index contributed by atoms with van der Waals surface area (Å²) in [6.45, 7) is 1.84. The van der Waals surface area contributed by atoms with E-state index in [1.165, 1.54) is 6.07 Å². The van der Waals surface area contributed by atoms with Crippen molar-refractivity contribution in [2.45, 2.75) is 6.92 Å². The molecule has 0 saturated carbocycles. The van der Waals surface area contributed by atoms with Crippen LogP contribution in [0, 0.1) is 6.92 Å². The third kappa shape index (κ3) is 2.01. The molecule has 0 radical (unpaired) electrons. The van der Waals surface area contributed by atoms with E-state index in [1.807, 2.05) is 6.92 Å². The molecule has 0 aliphatic heterocycles. The predicted octanol–water partition coefficient (Wildman–Crippen LogP) is 1.09. The van der Waals surface area contributed by atoms with Gasteiger partial charge in [-0.2, -0.15) is 0 Å². The number of rotatable bonds is 1. The molecule has 12 heavy (non-hydrogen) atoms. The summed E-state index contributed by atoms with van der Waals surface area (Å²) in [4.78, 5) is 0. The van der Waals surface area contributed by atoms with Crippen LogP contribution in [0.25, 0.3) is 0 Å². The summed E-state index contributed by atoms with van der Waals surface area (Å²) in [6, 6.07) is 3.18. The smallest absolute Gasteiger partial charge is 0.423 e. The Morgan fingerprint density at radius 2 is 2.00 bits per heavy atom. The van der Waals surface area contributed by atoms with Crippen molar-refractivity contribution in [2.24, 2.45) is 0 Å². The van der Waals surface area contributed by atoms with Gasteiger partial charge in [-0.05, 0) is 39.9 Å². The third-order valence-corrected chi connectivity index (χ3v) is 3.11. The van der Waals surface area contributed by atoms with Crippen molar-refractivity contribution >= 4 is 40.1 Å². The highest BCUT2D eigenvalue weighted by Crippen LogP contribution is 2.24. The minimum absolute atomic E-state index is 0.403. The molecule has 1 aromatic rings. The molecular weight excluding hydrogens is 242 g/mol. The van der Waals surface area contributed by atoms with E-state index >= 15 is 0 Å². The average molecular weight is 249 g/mol. The molecule has 2 N–H and O–H groups in total. The lowest BCUT2D eigenvalue weighted by Gasteiger charge is -2.05. The van der Waals surface area contributed by atoms with E-state index in [-0.39, 0.29) is 0 Å². The van der Waals surface area contributed by atoms with Crippen LogP contribution in [0.5, 0.6) is 0 Å². The molecule has 64 valence electrons. The fraction of sp³-hybridized carbons (Fsp3) is 0.143. The molecule has 0 spiro atoms. The largest absolute Gasteiger partial charge is 0.488 e. The lowest BCUT2D eigenvalue weighted by Crippen LogP contribution is -2.30. The standard InChI is InChI=1S/C7H7BBrClO2/c1-4-2-5(8(11)12)3-6(10)7(4)9/h2-3,11-12H,1H3. The van der Waals surface area contributed by atoms with Gasteiger partial charge in [-0.3, -0.25) is 0 Å². The lowest BCUT2D eigenvalue weighted by atomic mass is 9.80. The van der Waals surface area contributed by atoms with Crippen LogP contribution in [0.2, 0.25) is 5.02 Å². The minimum Gasteiger partial charge on any atom is -0.423 e. The van der Waals surface area contributed by atoms with Gasteiger partial charge < -0.3 is 10.0 Å². The van der Waals surface area contributed by atoms with Crippen molar-refractivity contribution in [3.63, 3.8) is 0 Å². The maximum atomic E-state index is 8.85. The number of halogens is 2. The van der Waals surface area contributed by atoms with E-state index in [0.29, 0.717) is 10.5 Å². The average Bonchev–Trinajstić information content (AvgIpc) is 1.99. The molecule has 1 rings (SSSR count). The van der Waals surface area contributed by atoms with Gasteiger partial charge in [0.1, 0.15) is 0 Å². The zero-order chi connectivity index (χ0) is 9.30. The van der Waals surface area contributed by atoms with Gasteiger partial charge >= 0.3 is 7.12 Å². The van der Waals surface area contributed by atoms with Crippen molar-refractivity contribution in [1.29, 1.82) is 0 Å². The van der Waals surface area contributed by atoms with E-state index in [9.17, 15) is 0 Å². The van der Waals surface area contributed by atoms with Gasteiger partial charge in [0, 0.05) is 4.47 Å². The van der Waals surface area contributed by atoms with Crippen molar-refractivity contribution < 1.29 is 10.0 Å². The summed E-state index contributed by atoms with van der Waals surface area (Å²) in [5.41, 5.74) is 1.28. The van der Waals surface area contributed by atoms with Crippen molar-refractivity contribution in [3.8, 4) is 0 Å². The number of hydrogen-bond donors (Lipinski definition) is 2. The summed E-state index contributed by atoms with van der Waals surface area (Å²) in [6.07, 6.45) is 0. The molecule has 5 heteroatoms. The Kier molecular flexibility index (Phi) is 3.18. The molecule has 0 amide bonds. The molecule has 0 aromatic heterocycles. The van der Waals surface area contributed by atoms with Gasteiger partial charge in [0.25, 0.3) is 0 Å². The summed E-state index contributed by atoms with van der Waals surface area (Å²) in [5, 5.41) is 18.2. The normalized spacial score (nSPS) is 10.1. The maximum absolute atomic E-state index is 8.85. The van der Waals surface area contributed by atoms with Gasteiger partial charge in [-0.25, -0.2) is 0 Å². The Morgan fingerprint density at radius 1 is 1.42 bits per heavy atom. The van der Waals surface area contributed by atoms with E-state index in [0.717, 1.165) is 10.0 Å². The van der Waals surface area contributed by atoms with Crippen LogP contribution >= 0.6 is 27.5 Å². The van der Waals surface area contributed by atoms with Crippen LogP contribution in [-0.4, -0.2) is 17.2 Å². The zero-order valence-electron chi connectivity index (χ0n) is 6.38. The molecule has 0 saturated heterocycles. The minimum atomic E-state index is -1.46. The number of benzene rings is 1. The van der Waals surface area contributed by atoms with Crippen LogP contribution in [0.1, 0.15) is 5.56 Å². The molecule has 0 atom stereocenters. The van der Waals surface area contributed by atoms with Gasteiger partial charge in [0.05, 0.1) is 5.02 Å². The van der Waals surface area contributed by atoms with Crippen LogP contribution < -0.4 is 5.46 Å². The van der Waals surface area contributed by atoms with Crippen LogP contribution in [-0.2, 0) is 0 Å². The molecule has 0 unspecified atom stereocenters. The molecule has 0 heterocycles. The second-order valence-corrected chi connectivity index (χ2v) is 3.71. The highest BCUT2D eigenvalue weighted by Gasteiger charge is 2.13. The first-order valence-electron chi connectivity index (χ1n) is 3.34. The maximum Gasteiger partial charge on any atom is 0.488 e. The van der Waals surface area contributed by atoms with Crippen LogP contribution in [0.4, 0.5) is 0 Å². The molecule has 0 bridgehead atoms. The van der Waals surface area contributed by atoms with Crippen molar-refractivity contribution in [2.75, 3.05) is 0 Å². The van der Waals surface area contributed by atoms with Crippen molar-refractivity contribution in [1.82, 2.24) is 0 Å². The van der Waals surface area contributed by atoms with Crippen LogP contribution in [0.3, 0.4) is 0 Å². The monoisotopic (exact) mass is 248 g/mol. The Labute approximate surface area is 84.4 Å². The van der Waals surface area contributed by atoms with E-state index < -0.39 is 7.12 Å². The molecule has 2 nitrogen and oxygen atoms in total. The molecule has 1 aromatic carbocycles. The Bertz CT molecular complexity index is 280. The second-order valence-electron chi connectivity index (χ2n) is 2.51. The summed E-state index contributed by atoms with van der Waals surface area (Å²) < 4.78 is 0.786. The SMILES string of the molecule is Cc1cc(B(O)O)cc(Cl)c1Br. The fourth-order valence-corrected chi connectivity index (χ4v) is 1.41. The summed E-state index contributed by atoms with van der Waals surface area (Å²) in [7, 11) is -1.46. The predicted molar refractivity (Wildman–Crippen MR) is 53.7 cm³/mol. The molecule has 0 aliphatic rings. The summed E-state index contributed by atoms with van der Waals surface area (Å²) >= 11 is 9.06. The number of hydrogen-bond acceptors (Lipinski definition) is 2. The quantitative estimate of drug-likeness (QED) is 0.731. The first kappa shape index (κ1) is 10.1. The Hall–Kier alpha value is -0.0251. The first-order valence-corrected chi connectivity index (χ1v) is 4.51. The Morgan fingerprint density at radius 3 is 2.42 bits per heavy atom. The first-order chi connectivity index (χ1) is 5.52. The third-order valence-electron chi connectivity index (χ3n) is 1.53. The molecule has 0 fully saturated rings. The topological polar surface area (TPSA) is 40.5 Å². The molecular formula is C7H7BBrClO2. The van der Waals surface area contributed by atoms with Gasteiger partial charge in [-0.1, -0.05) is 17.7 Å². The van der Waals surface area contributed by atoms with E-state index in [4.69, 9.17) is 21.6 Å². The van der Waals surface area contributed by atoms with E-state index in [1.54, 1.807) is 6.07 Å². The van der Waals surface area contributed by atoms with Gasteiger partial charge in [-0.15, -0.1) is 0 Å².